The van der Waals surface area contributed by atoms with E-state index in [4.69, 9.17) is 5.73 Å². The van der Waals surface area contributed by atoms with Crippen LogP contribution in [0.4, 0.5) is 5.69 Å². The fourth-order valence-corrected chi connectivity index (χ4v) is 2.61. The fraction of sp³-hybridized carbons (Fsp3) is 0.211. The predicted octanol–water partition coefficient (Wildman–Crippen LogP) is 1.77. The molecule has 0 fully saturated rings. The number of anilines is 1. The van der Waals surface area contributed by atoms with E-state index in [9.17, 15) is 14.4 Å². The zero-order valence-electron chi connectivity index (χ0n) is 14.2. The first kappa shape index (κ1) is 18.2. The number of para-hydroxylation sites is 1. The SMILES string of the molecule is CC(=O)N(c1ccccc1)[C@@H](C)C(=O)N[C@@H](C(N)=O)c1ccccc1. The highest BCUT2D eigenvalue weighted by molar-refractivity contribution is 6.00. The van der Waals surface area contributed by atoms with Crippen molar-refractivity contribution < 1.29 is 14.4 Å². The molecule has 0 heterocycles. The van der Waals surface area contributed by atoms with Crippen LogP contribution in [0.15, 0.2) is 60.7 Å². The van der Waals surface area contributed by atoms with Gasteiger partial charge < -0.3 is 16.0 Å². The van der Waals surface area contributed by atoms with Crippen LogP contribution in [-0.4, -0.2) is 23.8 Å². The molecule has 0 unspecified atom stereocenters. The number of hydrogen-bond donors (Lipinski definition) is 2. The maximum absolute atomic E-state index is 12.6. The highest BCUT2D eigenvalue weighted by Gasteiger charge is 2.28. The maximum Gasteiger partial charge on any atom is 0.244 e. The van der Waals surface area contributed by atoms with Crippen molar-refractivity contribution >= 4 is 23.4 Å². The Morgan fingerprint density at radius 2 is 1.48 bits per heavy atom. The zero-order valence-corrected chi connectivity index (χ0v) is 14.2. The van der Waals surface area contributed by atoms with E-state index in [0.717, 1.165) is 0 Å². The summed E-state index contributed by atoms with van der Waals surface area (Å²) < 4.78 is 0. The van der Waals surface area contributed by atoms with Gasteiger partial charge in [0, 0.05) is 12.6 Å². The van der Waals surface area contributed by atoms with Crippen LogP contribution in [0, 0.1) is 0 Å². The third-order valence-electron chi connectivity index (χ3n) is 3.84. The lowest BCUT2D eigenvalue weighted by Gasteiger charge is -2.28. The summed E-state index contributed by atoms with van der Waals surface area (Å²) in [4.78, 5) is 37.8. The smallest absolute Gasteiger partial charge is 0.244 e. The Kier molecular flexibility index (Phi) is 5.89. The van der Waals surface area contributed by atoms with Crippen LogP contribution < -0.4 is 16.0 Å². The molecule has 0 radical (unpaired) electrons. The number of carbonyl (C=O) groups excluding carboxylic acids is 3. The Labute approximate surface area is 146 Å². The normalized spacial score (nSPS) is 12.7. The average molecular weight is 339 g/mol. The molecule has 6 heteroatoms. The van der Waals surface area contributed by atoms with Crippen molar-refractivity contribution in [2.45, 2.75) is 25.9 Å². The zero-order chi connectivity index (χ0) is 18.4. The van der Waals surface area contributed by atoms with Gasteiger partial charge in [-0.3, -0.25) is 14.4 Å². The Morgan fingerprint density at radius 1 is 0.960 bits per heavy atom. The van der Waals surface area contributed by atoms with Crippen LogP contribution in [0.3, 0.4) is 0 Å². The van der Waals surface area contributed by atoms with E-state index < -0.39 is 23.9 Å². The minimum absolute atomic E-state index is 0.274. The Morgan fingerprint density at radius 3 is 1.96 bits per heavy atom. The molecule has 0 saturated carbocycles. The summed E-state index contributed by atoms with van der Waals surface area (Å²) in [6.45, 7) is 2.99. The molecule has 0 spiro atoms. The molecule has 130 valence electrons. The number of benzene rings is 2. The highest BCUT2D eigenvalue weighted by atomic mass is 16.2. The highest BCUT2D eigenvalue weighted by Crippen LogP contribution is 2.18. The molecule has 3 amide bonds. The number of hydrogen-bond acceptors (Lipinski definition) is 3. The van der Waals surface area contributed by atoms with Gasteiger partial charge in [-0.05, 0) is 24.6 Å². The van der Waals surface area contributed by atoms with E-state index in [-0.39, 0.29) is 5.91 Å². The van der Waals surface area contributed by atoms with Gasteiger partial charge >= 0.3 is 0 Å². The largest absolute Gasteiger partial charge is 0.368 e. The van der Waals surface area contributed by atoms with Crippen molar-refractivity contribution in [2.24, 2.45) is 5.73 Å². The van der Waals surface area contributed by atoms with Crippen molar-refractivity contribution in [1.29, 1.82) is 0 Å². The first-order valence-electron chi connectivity index (χ1n) is 7.91. The number of primary amides is 1. The van der Waals surface area contributed by atoms with Crippen LogP contribution in [0.1, 0.15) is 25.5 Å². The molecule has 2 aromatic carbocycles. The molecule has 6 nitrogen and oxygen atoms in total. The second kappa shape index (κ2) is 8.10. The molecule has 0 aliphatic rings. The van der Waals surface area contributed by atoms with Gasteiger partial charge in [-0.25, -0.2) is 0 Å². The van der Waals surface area contributed by atoms with E-state index in [1.165, 1.54) is 11.8 Å². The molecule has 0 bridgehead atoms. The molecule has 3 N–H and O–H groups in total. The Bertz CT molecular complexity index is 747. The van der Waals surface area contributed by atoms with Gasteiger partial charge in [0.1, 0.15) is 12.1 Å². The minimum Gasteiger partial charge on any atom is -0.368 e. The summed E-state index contributed by atoms with van der Waals surface area (Å²) in [5.41, 5.74) is 6.62. The molecule has 0 aliphatic heterocycles. The predicted molar refractivity (Wildman–Crippen MR) is 95.6 cm³/mol. The minimum atomic E-state index is -0.958. The van der Waals surface area contributed by atoms with E-state index in [0.29, 0.717) is 11.3 Å². The molecule has 0 aromatic heterocycles. The molecule has 0 aliphatic carbocycles. The fourth-order valence-electron chi connectivity index (χ4n) is 2.61. The number of carbonyl (C=O) groups is 3. The second-order valence-electron chi connectivity index (χ2n) is 5.66. The molecule has 2 rings (SSSR count). The average Bonchev–Trinajstić information content (AvgIpc) is 2.60. The number of nitrogens with zero attached hydrogens (tertiary/aromatic N) is 1. The number of rotatable bonds is 6. The summed E-state index contributed by atoms with van der Waals surface area (Å²) in [5.74, 6) is -1.41. The van der Waals surface area contributed by atoms with Crippen molar-refractivity contribution in [2.75, 3.05) is 4.90 Å². The van der Waals surface area contributed by atoms with E-state index in [1.54, 1.807) is 61.5 Å². The van der Waals surface area contributed by atoms with Crippen LogP contribution in [0.25, 0.3) is 0 Å². The van der Waals surface area contributed by atoms with Crippen molar-refractivity contribution in [1.82, 2.24) is 5.32 Å². The Hall–Kier alpha value is -3.15. The van der Waals surface area contributed by atoms with Crippen molar-refractivity contribution in [3.63, 3.8) is 0 Å². The molecular formula is C19H21N3O3. The van der Waals surface area contributed by atoms with E-state index in [1.807, 2.05) is 6.07 Å². The van der Waals surface area contributed by atoms with E-state index >= 15 is 0 Å². The van der Waals surface area contributed by atoms with Gasteiger partial charge in [0.25, 0.3) is 0 Å². The third-order valence-corrected chi connectivity index (χ3v) is 3.84. The van der Waals surface area contributed by atoms with Gasteiger partial charge in [0.15, 0.2) is 0 Å². The summed E-state index contributed by atoms with van der Waals surface area (Å²) in [5, 5.41) is 2.63. The molecule has 2 atom stereocenters. The summed E-state index contributed by atoms with van der Waals surface area (Å²) in [6, 6.07) is 15.9. The quantitative estimate of drug-likeness (QED) is 0.840. The topological polar surface area (TPSA) is 92.5 Å². The first-order chi connectivity index (χ1) is 11.9. The lowest BCUT2D eigenvalue weighted by Crippen LogP contribution is -2.50. The van der Waals surface area contributed by atoms with Gasteiger partial charge in [0.2, 0.25) is 17.7 Å². The number of nitrogens with two attached hydrogens (primary N) is 1. The summed E-state index contributed by atoms with van der Waals surface area (Å²) >= 11 is 0. The molecule has 2 aromatic rings. The van der Waals surface area contributed by atoms with E-state index in [2.05, 4.69) is 5.32 Å². The van der Waals surface area contributed by atoms with Crippen LogP contribution in [0.5, 0.6) is 0 Å². The van der Waals surface area contributed by atoms with Gasteiger partial charge in [-0.1, -0.05) is 48.5 Å². The summed E-state index contributed by atoms with van der Waals surface area (Å²) in [6.07, 6.45) is 0. The van der Waals surface area contributed by atoms with Gasteiger partial charge in [-0.2, -0.15) is 0 Å². The summed E-state index contributed by atoms with van der Waals surface area (Å²) in [7, 11) is 0. The Balaban J connectivity index is 2.22. The van der Waals surface area contributed by atoms with Crippen LogP contribution in [-0.2, 0) is 14.4 Å². The van der Waals surface area contributed by atoms with Crippen molar-refractivity contribution in [3.8, 4) is 0 Å². The van der Waals surface area contributed by atoms with Crippen LogP contribution in [0.2, 0.25) is 0 Å². The van der Waals surface area contributed by atoms with Crippen molar-refractivity contribution in [3.05, 3.63) is 66.2 Å². The molecule has 25 heavy (non-hydrogen) atoms. The lowest BCUT2D eigenvalue weighted by molar-refractivity contribution is -0.129. The lowest BCUT2D eigenvalue weighted by atomic mass is 10.1. The van der Waals surface area contributed by atoms with Gasteiger partial charge in [0.05, 0.1) is 0 Å². The number of nitrogens with one attached hydrogen (secondary N) is 1. The molecular weight excluding hydrogens is 318 g/mol. The maximum atomic E-state index is 12.6. The standard InChI is InChI=1S/C19H21N3O3/c1-13(22(14(2)23)16-11-7-4-8-12-16)19(25)21-17(18(20)24)15-9-5-3-6-10-15/h3-13,17H,1-2H3,(H2,20,24)(H,21,25)/t13-,17+/m0/s1. The molecule has 0 saturated heterocycles. The van der Waals surface area contributed by atoms with Gasteiger partial charge in [-0.15, -0.1) is 0 Å². The first-order valence-corrected chi connectivity index (χ1v) is 7.91. The number of amides is 3. The third kappa shape index (κ3) is 4.44. The van der Waals surface area contributed by atoms with Crippen LogP contribution >= 0.6 is 0 Å². The second-order valence-corrected chi connectivity index (χ2v) is 5.66. The monoisotopic (exact) mass is 339 g/mol.